The number of nitrogens with one attached hydrogen (secondary N) is 2. The number of aromatic nitrogens is 1. The van der Waals surface area contributed by atoms with Crippen molar-refractivity contribution < 1.29 is 9.53 Å². The van der Waals surface area contributed by atoms with Crippen molar-refractivity contribution in [3.63, 3.8) is 0 Å². The lowest BCUT2D eigenvalue weighted by Crippen LogP contribution is -2.39. The zero-order valence-corrected chi connectivity index (χ0v) is 17.4. The molecule has 0 bridgehead atoms. The third-order valence-corrected chi connectivity index (χ3v) is 4.92. The predicted molar refractivity (Wildman–Crippen MR) is 120 cm³/mol. The Hall–Kier alpha value is -3.16. The molecule has 3 rings (SSSR count). The summed E-state index contributed by atoms with van der Waals surface area (Å²) in [6, 6.07) is 17.2. The normalized spacial score (nSPS) is 12.1. The van der Waals surface area contributed by atoms with Crippen molar-refractivity contribution in [2.75, 3.05) is 18.5 Å². The van der Waals surface area contributed by atoms with Crippen LogP contribution in [0.2, 0.25) is 0 Å². The van der Waals surface area contributed by atoms with Crippen LogP contribution in [0.4, 0.5) is 11.4 Å². The predicted octanol–water partition coefficient (Wildman–Crippen LogP) is 2.75. The van der Waals surface area contributed by atoms with E-state index in [1.807, 2.05) is 61.5 Å². The number of hydrogen-bond donors (Lipinski definition) is 3. The number of hydrogen-bond acceptors (Lipinski definition) is 5. The number of amides is 1. The number of anilines is 2. The number of pyridine rings is 1. The Morgan fingerprint density at radius 1 is 1.13 bits per heavy atom. The molecule has 0 aliphatic heterocycles. The Balaban J connectivity index is 1.97. The van der Waals surface area contributed by atoms with Crippen molar-refractivity contribution in [2.24, 2.45) is 5.73 Å². The lowest BCUT2D eigenvalue weighted by Gasteiger charge is -2.16. The minimum atomic E-state index is -0.519. The van der Waals surface area contributed by atoms with Crippen molar-refractivity contribution in [3.05, 3.63) is 70.5 Å². The van der Waals surface area contributed by atoms with Crippen molar-refractivity contribution >= 4 is 28.2 Å². The highest BCUT2D eigenvalue weighted by Crippen LogP contribution is 2.22. The monoisotopic (exact) mass is 408 g/mol. The Bertz CT molecular complexity index is 1060. The standard InChI is InChI=1S/C23H28N4O3/c1-3-30-12-11-27-21-14-20(26-19-7-5-4-6-8-19)10-9-17(21)13-18(23(27)29)15-25-16(2)22(24)28/h4-10,13-14,16,25-26H,3,11-12,15H2,1-2H3,(H2,24,28). The van der Waals surface area contributed by atoms with E-state index in [0.717, 1.165) is 22.3 Å². The highest BCUT2D eigenvalue weighted by atomic mass is 16.5. The van der Waals surface area contributed by atoms with E-state index in [0.29, 0.717) is 25.3 Å². The van der Waals surface area contributed by atoms with Gasteiger partial charge in [0.05, 0.1) is 18.2 Å². The number of fused-ring (bicyclic) bond motifs is 1. The molecule has 0 spiro atoms. The molecule has 1 aromatic heterocycles. The number of nitrogens with zero attached hydrogens (tertiary/aromatic N) is 1. The fourth-order valence-electron chi connectivity index (χ4n) is 3.21. The summed E-state index contributed by atoms with van der Waals surface area (Å²) in [5, 5.41) is 7.32. The molecule has 1 atom stereocenters. The minimum absolute atomic E-state index is 0.108. The molecular weight excluding hydrogens is 380 g/mol. The highest BCUT2D eigenvalue weighted by molar-refractivity contribution is 5.84. The summed E-state index contributed by atoms with van der Waals surface area (Å²) >= 11 is 0. The van der Waals surface area contributed by atoms with Crippen molar-refractivity contribution in [3.8, 4) is 0 Å². The molecule has 0 aliphatic carbocycles. The van der Waals surface area contributed by atoms with Crippen LogP contribution in [-0.4, -0.2) is 29.7 Å². The Morgan fingerprint density at radius 3 is 2.60 bits per heavy atom. The Morgan fingerprint density at radius 2 is 1.90 bits per heavy atom. The third kappa shape index (κ3) is 5.25. The van der Waals surface area contributed by atoms with E-state index in [1.54, 1.807) is 11.5 Å². The van der Waals surface area contributed by atoms with Crippen LogP contribution in [-0.2, 0) is 22.6 Å². The molecule has 1 amide bonds. The zero-order valence-electron chi connectivity index (χ0n) is 17.4. The summed E-state index contributed by atoms with van der Waals surface area (Å²) in [5.74, 6) is -0.455. The van der Waals surface area contributed by atoms with Gasteiger partial charge < -0.3 is 25.7 Å². The van der Waals surface area contributed by atoms with Crippen LogP contribution in [0.25, 0.3) is 10.9 Å². The van der Waals surface area contributed by atoms with E-state index < -0.39 is 11.9 Å². The first kappa shape index (κ1) is 21.5. The molecule has 0 saturated carbocycles. The van der Waals surface area contributed by atoms with Gasteiger partial charge in [0.15, 0.2) is 0 Å². The van der Waals surface area contributed by atoms with E-state index >= 15 is 0 Å². The maximum Gasteiger partial charge on any atom is 0.255 e. The van der Waals surface area contributed by atoms with Crippen molar-refractivity contribution in [1.29, 1.82) is 0 Å². The summed E-state index contributed by atoms with van der Waals surface area (Å²) < 4.78 is 7.21. The summed E-state index contributed by atoms with van der Waals surface area (Å²) in [6.07, 6.45) is 0. The summed E-state index contributed by atoms with van der Waals surface area (Å²) in [7, 11) is 0. The highest BCUT2D eigenvalue weighted by Gasteiger charge is 2.13. The molecule has 7 nitrogen and oxygen atoms in total. The molecule has 1 heterocycles. The number of primary amides is 1. The van der Waals surface area contributed by atoms with Gasteiger partial charge in [-0.25, -0.2) is 0 Å². The van der Waals surface area contributed by atoms with Crippen LogP contribution in [0.1, 0.15) is 19.4 Å². The van der Waals surface area contributed by atoms with Crippen LogP contribution in [0.5, 0.6) is 0 Å². The number of nitrogens with two attached hydrogens (primary N) is 1. The molecule has 3 aromatic rings. The SMILES string of the molecule is CCOCCn1c(=O)c(CNC(C)C(N)=O)cc2ccc(Nc3ccccc3)cc21. The van der Waals surface area contributed by atoms with Gasteiger partial charge in [0.1, 0.15) is 0 Å². The second kappa shape index (κ2) is 10.0. The van der Waals surface area contributed by atoms with Gasteiger partial charge in [-0.3, -0.25) is 9.59 Å². The fourth-order valence-corrected chi connectivity index (χ4v) is 3.21. The summed E-state index contributed by atoms with van der Waals surface area (Å²) in [6.45, 7) is 5.34. The number of carbonyl (C=O) groups excluding carboxylic acids is 1. The molecule has 0 aliphatic rings. The molecule has 30 heavy (non-hydrogen) atoms. The molecule has 1 unspecified atom stereocenters. The molecule has 0 fully saturated rings. The Kier molecular flexibility index (Phi) is 7.21. The number of ether oxygens (including phenoxy) is 1. The van der Waals surface area contributed by atoms with E-state index in [4.69, 9.17) is 10.5 Å². The molecular formula is C23H28N4O3. The molecule has 0 saturated heterocycles. The van der Waals surface area contributed by atoms with Crippen LogP contribution in [0.3, 0.4) is 0 Å². The smallest absolute Gasteiger partial charge is 0.255 e. The van der Waals surface area contributed by atoms with Gasteiger partial charge >= 0.3 is 0 Å². The largest absolute Gasteiger partial charge is 0.380 e. The van der Waals surface area contributed by atoms with E-state index in [-0.39, 0.29) is 12.1 Å². The van der Waals surface area contributed by atoms with Gasteiger partial charge in [-0.05, 0) is 49.6 Å². The average molecular weight is 409 g/mol. The molecule has 0 radical (unpaired) electrons. The lowest BCUT2D eigenvalue weighted by molar-refractivity contribution is -0.119. The number of benzene rings is 2. The number of rotatable bonds is 10. The van der Waals surface area contributed by atoms with Crippen molar-refractivity contribution in [2.45, 2.75) is 33.0 Å². The van der Waals surface area contributed by atoms with Gasteiger partial charge in [-0.2, -0.15) is 0 Å². The first-order valence-electron chi connectivity index (χ1n) is 10.1. The third-order valence-electron chi connectivity index (χ3n) is 4.92. The maximum absolute atomic E-state index is 13.2. The molecule has 2 aromatic carbocycles. The second-order valence-corrected chi connectivity index (χ2v) is 7.09. The second-order valence-electron chi connectivity index (χ2n) is 7.09. The van der Waals surface area contributed by atoms with E-state index in [1.165, 1.54) is 0 Å². The van der Waals surface area contributed by atoms with E-state index in [9.17, 15) is 9.59 Å². The molecule has 158 valence electrons. The zero-order chi connectivity index (χ0) is 21.5. The van der Waals surface area contributed by atoms with Gasteiger partial charge in [-0.15, -0.1) is 0 Å². The van der Waals surface area contributed by atoms with Gasteiger partial charge in [0.25, 0.3) is 5.56 Å². The summed E-state index contributed by atoms with van der Waals surface area (Å²) in [5.41, 5.74) is 8.48. The van der Waals surface area contributed by atoms with Crippen LogP contribution < -0.4 is 21.9 Å². The number of carbonyl (C=O) groups is 1. The lowest BCUT2D eigenvalue weighted by atomic mass is 10.1. The first-order chi connectivity index (χ1) is 14.5. The topological polar surface area (TPSA) is 98.4 Å². The van der Waals surface area contributed by atoms with Crippen LogP contribution >= 0.6 is 0 Å². The first-order valence-corrected chi connectivity index (χ1v) is 10.1. The minimum Gasteiger partial charge on any atom is -0.380 e. The molecule has 4 N–H and O–H groups in total. The Labute approximate surface area is 175 Å². The van der Waals surface area contributed by atoms with Crippen LogP contribution in [0, 0.1) is 0 Å². The summed E-state index contributed by atoms with van der Waals surface area (Å²) in [4.78, 5) is 24.5. The van der Waals surface area contributed by atoms with Gasteiger partial charge in [0.2, 0.25) is 5.91 Å². The maximum atomic E-state index is 13.2. The number of para-hydroxylation sites is 1. The van der Waals surface area contributed by atoms with Gasteiger partial charge in [0, 0.05) is 36.6 Å². The van der Waals surface area contributed by atoms with Gasteiger partial charge in [-0.1, -0.05) is 24.3 Å². The molecule has 7 heteroatoms. The van der Waals surface area contributed by atoms with Crippen LogP contribution in [0.15, 0.2) is 59.4 Å². The average Bonchev–Trinajstić information content (AvgIpc) is 2.74. The van der Waals surface area contributed by atoms with E-state index in [2.05, 4.69) is 10.6 Å². The fraction of sp³-hybridized carbons (Fsp3) is 0.304. The van der Waals surface area contributed by atoms with Crippen molar-refractivity contribution in [1.82, 2.24) is 9.88 Å². The quantitative estimate of drug-likeness (QED) is 0.448.